The molecule has 0 radical (unpaired) electrons. The van der Waals surface area contributed by atoms with Crippen molar-refractivity contribution in [3.63, 3.8) is 0 Å². The zero-order valence-corrected chi connectivity index (χ0v) is 28.9. The van der Waals surface area contributed by atoms with Crippen molar-refractivity contribution in [2.45, 2.75) is 110 Å². The Bertz CT molecular complexity index is 1460. The van der Waals surface area contributed by atoms with Gasteiger partial charge in [-0.2, -0.15) is 0 Å². The standard InChI is InChI=1S/C38H53N3O7/c1-5-6-7-8-9-13-29(43)22-28(12-10-11-18-39)38(48)41(4)36-27-15-17-34(45)31(23-27)30-20-26(14-16-33(30)44)21-32(25(3)42)40-37(47)24(2)19-35(36)46/h14-17,20,23-24,28,32,36,44-45H,5-13,18-19,21-22,39H2,1-4H3,(H,40,47)/t24-,28-,32+,36+/m1/s1. The van der Waals surface area contributed by atoms with E-state index in [0.29, 0.717) is 43.4 Å². The molecule has 0 aliphatic carbocycles. The number of benzene rings is 2. The molecule has 1 aliphatic heterocycles. The van der Waals surface area contributed by atoms with Crippen LogP contribution in [0.4, 0.5) is 0 Å². The minimum atomic E-state index is -1.15. The van der Waals surface area contributed by atoms with Gasteiger partial charge in [0.2, 0.25) is 11.8 Å². The molecule has 1 heterocycles. The van der Waals surface area contributed by atoms with E-state index in [1.54, 1.807) is 31.2 Å². The van der Waals surface area contributed by atoms with Crippen molar-refractivity contribution < 1.29 is 34.2 Å². The lowest BCUT2D eigenvalue weighted by Gasteiger charge is -2.32. The number of nitrogens with zero attached hydrogens (tertiary/aromatic N) is 1. The number of hydrogen-bond donors (Lipinski definition) is 4. The highest BCUT2D eigenvalue weighted by molar-refractivity contribution is 5.96. The molecule has 4 bridgehead atoms. The molecule has 5 N–H and O–H groups in total. The quantitative estimate of drug-likeness (QED) is 0.180. The van der Waals surface area contributed by atoms with Crippen LogP contribution in [0.2, 0.25) is 0 Å². The van der Waals surface area contributed by atoms with Gasteiger partial charge in [0.25, 0.3) is 0 Å². The summed E-state index contributed by atoms with van der Waals surface area (Å²) in [4.78, 5) is 68.5. The Morgan fingerprint density at radius 1 is 0.938 bits per heavy atom. The van der Waals surface area contributed by atoms with E-state index in [2.05, 4.69) is 12.2 Å². The molecule has 10 heteroatoms. The van der Waals surface area contributed by atoms with Gasteiger partial charge in [-0.1, -0.05) is 58.1 Å². The van der Waals surface area contributed by atoms with Crippen LogP contribution in [0.15, 0.2) is 36.4 Å². The van der Waals surface area contributed by atoms with Crippen LogP contribution in [0.25, 0.3) is 11.1 Å². The third-order valence-electron chi connectivity index (χ3n) is 9.32. The van der Waals surface area contributed by atoms with Gasteiger partial charge in [-0.3, -0.25) is 24.0 Å². The number of Topliss-reactive ketones (excluding diaryl/α,β-unsaturated/α-hetero) is 3. The average Bonchev–Trinajstić information content (AvgIpc) is 3.04. The molecular formula is C38H53N3O7. The van der Waals surface area contributed by atoms with Gasteiger partial charge in [0.15, 0.2) is 11.6 Å². The lowest BCUT2D eigenvalue weighted by atomic mass is 9.88. The molecule has 1 aliphatic rings. The number of phenolic OH excluding ortho intramolecular Hbond substituents is 2. The normalized spacial score (nSPS) is 18.8. The smallest absolute Gasteiger partial charge is 0.226 e. The first kappa shape index (κ1) is 38.4. The largest absolute Gasteiger partial charge is 0.507 e. The van der Waals surface area contributed by atoms with E-state index in [0.717, 1.165) is 32.1 Å². The number of unbranched alkanes of at least 4 members (excludes halogenated alkanes) is 5. The van der Waals surface area contributed by atoms with E-state index in [1.165, 1.54) is 31.0 Å². The molecule has 0 spiro atoms. The number of nitrogens with one attached hydrogen (secondary N) is 1. The number of likely N-dealkylation sites (N-methyl/N-ethyl adjacent to an activating group) is 1. The molecule has 2 aromatic carbocycles. The summed E-state index contributed by atoms with van der Waals surface area (Å²) >= 11 is 0. The topological polar surface area (TPSA) is 167 Å². The van der Waals surface area contributed by atoms with Gasteiger partial charge >= 0.3 is 0 Å². The van der Waals surface area contributed by atoms with Crippen LogP contribution < -0.4 is 11.1 Å². The summed E-state index contributed by atoms with van der Waals surface area (Å²) < 4.78 is 0. The maximum absolute atomic E-state index is 14.2. The van der Waals surface area contributed by atoms with Crippen LogP contribution in [0.5, 0.6) is 11.5 Å². The summed E-state index contributed by atoms with van der Waals surface area (Å²) in [5.41, 5.74) is 7.29. The van der Waals surface area contributed by atoms with Crippen LogP contribution in [0, 0.1) is 11.8 Å². The highest BCUT2D eigenvalue weighted by atomic mass is 16.3. The van der Waals surface area contributed by atoms with Crippen molar-refractivity contribution in [3.05, 3.63) is 47.5 Å². The van der Waals surface area contributed by atoms with E-state index in [9.17, 15) is 34.2 Å². The maximum Gasteiger partial charge on any atom is 0.226 e. The molecular weight excluding hydrogens is 610 g/mol. The first-order chi connectivity index (χ1) is 22.9. The van der Waals surface area contributed by atoms with E-state index < -0.39 is 35.6 Å². The Morgan fingerprint density at radius 3 is 2.27 bits per heavy atom. The molecule has 0 saturated carbocycles. The molecule has 48 heavy (non-hydrogen) atoms. The molecule has 2 aromatic rings. The van der Waals surface area contributed by atoms with Gasteiger partial charge in [0.05, 0.1) is 6.04 Å². The molecule has 0 fully saturated rings. The minimum absolute atomic E-state index is 0.0101. The monoisotopic (exact) mass is 663 g/mol. The fraction of sp³-hybridized carbons (Fsp3) is 0.553. The molecule has 262 valence electrons. The summed E-state index contributed by atoms with van der Waals surface area (Å²) in [6.07, 6.45) is 7.20. The SMILES string of the molecule is CCCCCCCC(=O)C[C@@H](CCCCN)C(=O)N(C)[C@@H]1C(=O)C[C@@H](C)C(=O)N[C@H](C(C)=O)Cc2ccc(O)c(c2)-c2cc1ccc2O. The van der Waals surface area contributed by atoms with Crippen molar-refractivity contribution in [2.75, 3.05) is 13.6 Å². The van der Waals surface area contributed by atoms with Gasteiger partial charge in [-0.05, 0) is 74.5 Å². The van der Waals surface area contributed by atoms with Gasteiger partial charge in [-0.15, -0.1) is 0 Å². The fourth-order valence-corrected chi connectivity index (χ4v) is 6.41. The summed E-state index contributed by atoms with van der Waals surface area (Å²) in [6.45, 7) is 5.57. The molecule has 0 saturated heterocycles. The first-order valence-corrected chi connectivity index (χ1v) is 17.3. The Balaban J connectivity index is 2.04. The third-order valence-corrected chi connectivity index (χ3v) is 9.32. The predicted octanol–water partition coefficient (Wildman–Crippen LogP) is 5.55. The third kappa shape index (κ3) is 10.5. The summed E-state index contributed by atoms with van der Waals surface area (Å²) in [5.74, 6) is -3.24. The molecule has 10 nitrogen and oxygen atoms in total. The van der Waals surface area contributed by atoms with E-state index >= 15 is 0 Å². The maximum atomic E-state index is 14.2. The lowest BCUT2D eigenvalue weighted by molar-refractivity contribution is -0.144. The molecule has 0 aromatic heterocycles. The number of amides is 2. The second-order valence-corrected chi connectivity index (χ2v) is 13.3. The van der Waals surface area contributed by atoms with Crippen molar-refractivity contribution in [3.8, 4) is 22.6 Å². The van der Waals surface area contributed by atoms with Crippen LogP contribution in [-0.4, -0.2) is 63.9 Å². The molecule has 0 unspecified atom stereocenters. The van der Waals surface area contributed by atoms with Gasteiger partial charge in [-0.25, -0.2) is 0 Å². The van der Waals surface area contributed by atoms with E-state index in [4.69, 9.17) is 5.73 Å². The van der Waals surface area contributed by atoms with Crippen molar-refractivity contribution in [1.82, 2.24) is 10.2 Å². The number of carbonyl (C=O) groups excluding carboxylic acids is 5. The fourth-order valence-electron chi connectivity index (χ4n) is 6.41. The number of phenols is 2. The van der Waals surface area contributed by atoms with Gasteiger partial charge < -0.3 is 26.2 Å². The number of carbonyl (C=O) groups is 5. The van der Waals surface area contributed by atoms with Crippen molar-refractivity contribution in [1.29, 1.82) is 0 Å². The highest BCUT2D eigenvalue weighted by Crippen LogP contribution is 2.39. The first-order valence-electron chi connectivity index (χ1n) is 17.3. The number of fused-ring (bicyclic) bond motifs is 5. The second kappa shape index (κ2) is 18.5. The van der Waals surface area contributed by atoms with E-state index in [1.807, 2.05) is 0 Å². The Kier molecular flexibility index (Phi) is 14.8. The predicted molar refractivity (Wildman–Crippen MR) is 185 cm³/mol. The van der Waals surface area contributed by atoms with Crippen LogP contribution >= 0.6 is 0 Å². The Hall–Kier alpha value is -4.05. The highest BCUT2D eigenvalue weighted by Gasteiger charge is 2.35. The van der Waals surface area contributed by atoms with Crippen molar-refractivity contribution in [2.24, 2.45) is 17.6 Å². The van der Waals surface area contributed by atoms with Gasteiger partial charge in [0.1, 0.15) is 23.3 Å². The molecule has 4 atom stereocenters. The zero-order chi connectivity index (χ0) is 35.4. The summed E-state index contributed by atoms with van der Waals surface area (Å²) in [6, 6.07) is 7.26. The van der Waals surface area contributed by atoms with Crippen LogP contribution in [0.1, 0.15) is 109 Å². The zero-order valence-electron chi connectivity index (χ0n) is 28.9. The van der Waals surface area contributed by atoms with Crippen LogP contribution in [0.3, 0.4) is 0 Å². The number of ketones is 3. The van der Waals surface area contributed by atoms with Crippen molar-refractivity contribution >= 4 is 29.2 Å². The van der Waals surface area contributed by atoms with Gasteiger partial charge in [0, 0.05) is 49.3 Å². The number of rotatable bonds is 15. The second-order valence-electron chi connectivity index (χ2n) is 13.3. The number of hydrogen-bond acceptors (Lipinski definition) is 8. The summed E-state index contributed by atoms with van der Waals surface area (Å²) in [5, 5.41) is 24.5. The Morgan fingerprint density at radius 2 is 1.60 bits per heavy atom. The average molecular weight is 664 g/mol. The minimum Gasteiger partial charge on any atom is -0.507 e. The van der Waals surface area contributed by atoms with E-state index in [-0.39, 0.29) is 59.4 Å². The summed E-state index contributed by atoms with van der Waals surface area (Å²) in [7, 11) is 1.53. The molecule has 2 amide bonds. The number of aromatic hydroxyl groups is 2. The Labute approximate surface area is 284 Å². The molecule has 3 rings (SSSR count). The van der Waals surface area contributed by atoms with Crippen LogP contribution in [-0.2, 0) is 30.4 Å². The number of nitrogens with two attached hydrogens (primary N) is 1. The lowest BCUT2D eigenvalue weighted by Crippen LogP contribution is -2.45.